The van der Waals surface area contributed by atoms with Crippen LogP contribution in [0.3, 0.4) is 0 Å². The van der Waals surface area contributed by atoms with Gasteiger partial charge in [-0.2, -0.15) is 26.3 Å². The number of carbonyl (C=O) groups is 1. The zero-order chi connectivity index (χ0) is 25.3. The van der Waals surface area contributed by atoms with Crippen LogP contribution in [-0.4, -0.2) is 24.3 Å². The van der Waals surface area contributed by atoms with Gasteiger partial charge in [0.2, 0.25) is 5.28 Å². The van der Waals surface area contributed by atoms with Crippen molar-refractivity contribution in [3.8, 4) is 0 Å². The predicted molar refractivity (Wildman–Crippen MR) is 109 cm³/mol. The van der Waals surface area contributed by atoms with Crippen LogP contribution in [0.5, 0.6) is 0 Å². The van der Waals surface area contributed by atoms with E-state index in [0.717, 1.165) is 36.4 Å². The summed E-state index contributed by atoms with van der Waals surface area (Å²) in [7, 11) is -4.39. The number of aromatic nitrogens is 2. The molecule has 0 aliphatic heterocycles. The van der Waals surface area contributed by atoms with E-state index in [0.29, 0.717) is 18.3 Å². The number of carbonyl (C=O) groups excluding carboxylic acids is 1. The SMILES string of the molecule is O=C(Nc1ccc(NS(=O)(=O)c2cccc(C(F)(F)F)c2)cc1)c1cnc(Cl)nc1C(F)(F)F. The molecule has 15 heteroatoms. The fourth-order valence-electron chi connectivity index (χ4n) is 2.62. The normalized spacial score (nSPS) is 12.3. The summed E-state index contributed by atoms with van der Waals surface area (Å²) < 4.78 is 105. The Hall–Kier alpha value is -3.39. The summed E-state index contributed by atoms with van der Waals surface area (Å²) in [5.41, 5.74) is -3.70. The number of amides is 1. The van der Waals surface area contributed by atoms with Crippen molar-refractivity contribution in [2.75, 3.05) is 10.0 Å². The molecule has 3 rings (SSSR count). The summed E-state index contributed by atoms with van der Waals surface area (Å²) in [4.78, 5) is 18.0. The van der Waals surface area contributed by atoms with Crippen LogP contribution in [-0.2, 0) is 22.4 Å². The van der Waals surface area contributed by atoms with Crippen LogP contribution in [0.1, 0.15) is 21.6 Å². The van der Waals surface area contributed by atoms with Gasteiger partial charge in [0.15, 0.2) is 5.69 Å². The molecule has 0 saturated carbocycles. The maximum atomic E-state index is 13.1. The Morgan fingerprint density at radius 2 is 1.53 bits per heavy atom. The van der Waals surface area contributed by atoms with Crippen molar-refractivity contribution in [2.24, 2.45) is 0 Å². The van der Waals surface area contributed by atoms with Gasteiger partial charge in [0.1, 0.15) is 0 Å². The Kier molecular flexibility index (Phi) is 6.75. The van der Waals surface area contributed by atoms with Crippen LogP contribution in [0.15, 0.2) is 59.6 Å². The summed E-state index contributed by atoms with van der Waals surface area (Å²) in [6.07, 6.45) is -9.12. The van der Waals surface area contributed by atoms with Gasteiger partial charge in [-0.15, -0.1) is 0 Å². The molecule has 180 valence electrons. The second-order valence-electron chi connectivity index (χ2n) is 6.56. The molecule has 1 aromatic heterocycles. The lowest BCUT2D eigenvalue weighted by molar-refractivity contribution is -0.141. The molecule has 0 unspecified atom stereocenters. The third kappa shape index (κ3) is 5.94. The smallest absolute Gasteiger partial charge is 0.322 e. The number of nitrogens with one attached hydrogen (secondary N) is 2. The lowest BCUT2D eigenvalue weighted by Crippen LogP contribution is -2.21. The average molecular weight is 525 g/mol. The van der Waals surface area contributed by atoms with Crippen molar-refractivity contribution in [1.82, 2.24) is 9.97 Å². The van der Waals surface area contributed by atoms with Gasteiger partial charge in [-0.1, -0.05) is 6.07 Å². The zero-order valence-electron chi connectivity index (χ0n) is 16.4. The number of hydrogen-bond acceptors (Lipinski definition) is 5. The summed E-state index contributed by atoms with van der Waals surface area (Å²) in [5, 5.41) is 1.46. The number of rotatable bonds is 5. The first kappa shape index (κ1) is 25.2. The minimum atomic E-state index is -4.98. The van der Waals surface area contributed by atoms with Crippen molar-refractivity contribution >= 4 is 38.9 Å². The second kappa shape index (κ2) is 9.10. The van der Waals surface area contributed by atoms with Gasteiger partial charge in [0, 0.05) is 17.6 Å². The lowest BCUT2D eigenvalue weighted by Gasteiger charge is -2.13. The minimum absolute atomic E-state index is 0.0184. The molecule has 34 heavy (non-hydrogen) atoms. The van der Waals surface area contributed by atoms with Gasteiger partial charge in [-0.3, -0.25) is 9.52 Å². The largest absolute Gasteiger partial charge is 0.434 e. The molecule has 0 spiro atoms. The molecule has 0 fully saturated rings. The molecular weight excluding hydrogens is 514 g/mol. The van der Waals surface area contributed by atoms with Crippen molar-refractivity contribution < 1.29 is 39.6 Å². The van der Waals surface area contributed by atoms with E-state index in [1.54, 1.807) is 0 Å². The molecule has 0 saturated heterocycles. The van der Waals surface area contributed by atoms with E-state index in [2.05, 4.69) is 20.0 Å². The van der Waals surface area contributed by atoms with Crippen LogP contribution < -0.4 is 10.0 Å². The van der Waals surface area contributed by atoms with Gasteiger partial charge in [0.25, 0.3) is 15.9 Å². The third-order valence-corrected chi connectivity index (χ3v) is 5.70. The number of sulfonamides is 1. The quantitative estimate of drug-likeness (QED) is 0.352. The topological polar surface area (TPSA) is 101 Å². The van der Waals surface area contributed by atoms with Gasteiger partial charge >= 0.3 is 12.4 Å². The highest BCUT2D eigenvalue weighted by Gasteiger charge is 2.38. The van der Waals surface area contributed by atoms with E-state index >= 15 is 0 Å². The average Bonchev–Trinajstić information content (AvgIpc) is 2.73. The van der Waals surface area contributed by atoms with Crippen molar-refractivity contribution in [1.29, 1.82) is 0 Å². The number of nitrogens with zero attached hydrogens (tertiary/aromatic N) is 2. The van der Waals surface area contributed by atoms with E-state index in [4.69, 9.17) is 11.6 Å². The Morgan fingerprint density at radius 3 is 2.12 bits per heavy atom. The third-order valence-electron chi connectivity index (χ3n) is 4.14. The Morgan fingerprint density at radius 1 is 0.912 bits per heavy atom. The predicted octanol–water partition coefficient (Wildman–Crippen LogP) is 5.22. The van der Waals surface area contributed by atoms with Crippen molar-refractivity contribution in [3.05, 3.63) is 76.8 Å². The van der Waals surface area contributed by atoms with Gasteiger partial charge in [0.05, 0.1) is 16.0 Å². The highest BCUT2D eigenvalue weighted by atomic mass is 35.5. The highest BCUT2D eigenvalue weighted by Crippen LogP contribution is 2.32. The summed E-state index contributed by atoms with van der Waals surface area (Å²) in [6.45, 7) is 0. The molecule has 1 amide bonds. The first-order valence-electron chi connectivity index (χ1n) is 8.88. The number of alkyl halides is 6. The number of halogens is 7. The van der Waals surface area contributed by atoms with Crippen LogP contribution >= 0.6 is 11.6 Å². The van der Waals surface area contributed by atoms with Crippen molar-refractivity contribution in [2.45, 2.75) is 17.2 Å². The Labute approximate surface area is 192 Å². The van der Waals surface area contributed by atoms with E-state index in [9.17, 15) is 39.6 Å². The Balaban J connectivity index is 1.77. The zero-order valence-corrected chi connectivity index (χ0v) is 17.9. The highest BCUT2D eigenvalue weighted by molar-refractivity contribution is 7.92. The van der Waals surface area contributed by atoms with Crippen LogP contribution in [0.25, 0.3) is 0 Å². The van der Waals surface area contributed by atoms with E-state index in [-0.39, 0.29) is 11.4 Å². The van der Waals surface area contributed by atoms with E-state index in [1.807, 2.05) is 0 Å². The number of benzene rings is 2. The molecule has 3 aromatic rings. The molecule has 0 aliphatic rings. The summed E-state index contributed by atoms with van der Waals surface area (Å²) in [6, 6.07) is 7.69. The number of hydrogen-bond donors (Lipinski definition) is 2. The van der Waals surface area contributed by atoms with Gasteiger partial charge in [-0.25, -0.2) is 18.4 Å². The molecule has 0 bridgehead atoms. The van der Waals surface area contributed by atoms with Crippen molar-refractivity contribution in [3.63, 3.8) is 0 Å². The second-order valence-corrected chi connectivity index (χ2v) is 8.58. The first-order valence-corrected chi connectivity index (χ1v) is 10.7. The Bertz CT molecular complexity index is 1330. The molecule has 1 heterocycles. The fourth-order valence-corrected chi connectivity index (χ4v) is 3.85. The fraction of sp³-hybridized carbons (Fsp3) is 0.105. The van der Waals surface area contributed by atoms with Crippen LogP contribution in [0, 0.1) is 0 Å². The summed E-state index contributed by atoms with van der Waals surface area (Å²) in [5.74, 6) is -1.21. The van der Waals surface area contributed by atoms with Gasteiger partial charge in [-0.05, 0) is 54.1 Å². The summed E-state index contributed by atoms with van der Waals surface area (Å²) >= 11 is 5.37. The molecule has 2 N–H and O–H groups in total. The maximum Gasteiger partial charge on any atom is 0.434 e. The lowest BCUT2D eigenvalue weighted by atomic mass is 10.2. The van der Waals surface area contributed by atoms with E-state index < -0.39 is 55.3 Å². The molecule has 0 radical (unpaired) electrons. The van der Waals surface area contributed by atoms with Crippen LogP contribution in [0.2, 0.25) is 5.28 Å². The monoisotopic (exact) mass is 524 g/mol. The number of anilines is 2. The minimum Gasteiger partial charge on any atom is -0.322 e. The van der Waals surface area contributed by atoms with Crippen LogP contribution in [0.4, 0.5) is 37.7 Å². The first-order chi connectivity index (χ1) is 15.7. The molecule has 7 nitrogen and oxygen atoms in total. The van der Waals surface area contributed by atoms with E-state index in [1.165, 1.54) is 0 Å². The standard InChI is InChI=1S/C19H11ClF6N4O3S/c20-17-27-9-14(15(29-17)19(24,25)26)16(31)28-11-4-6-12(7-5-11)30-34(32,33)13-3-1-2-10(8-13)18(21,22)23/h1-9,30H,(H,28,31). The van der Waals surface area contributed by atoms with Gasteiger partial charge < -0.3 is 5.32 Å². The molecule has 0 aliphatic carbocycles. The molecular formula is C19H11ClF6N4O3S. The maximum absolute atomic E-state index is 13.1. The molecule has 2 aromatic carbocycles. The molecule has 0 atom stereocenters.